The van der Waals surface area contributed by atoms with Crippen molar-refractivity contribution in [3.63, 3.8) is 0 Å². The van der Waals surface area contributed by atoms with Crippen LogP contribution in [0.4, 0.5) is 0 Å². The van der Waals surface area contributed by atoms with Crippen LogP contribution < -0.4 is 0 Å². The Labute approximate surface area is 122 Å². The molecule has 0 aliphatic carbocycles. The molecule has 0 bridgehead atoms. The highest BCUT2D eigenvalue weighted by atomic mass is 14.8. The molecule has 2 N–H and O–H groups in total. The van der Waals surface area contributed by atoms with Gasteiger partial charge in [-0.25, -0.2) is 0 Å². The third kappa shape index (κ3) is 2.43. The molecular formula is C17H12N4. The zero-order valence-electron chi connectivity index (χ0n) is 11.2. The van der Waals surface area contributed by atoms with Crippen molar-refractivity contribution in [2.45, 2.75) is 5.92 Å². The quantitative estimate of drug-likeness (QED) is 0.767. The molecule has 4 nitrogen and oxygen atoms in total. The minimum Gasteiger partial charge on any atom is -0.363 e. The number of aromatic amines is 2. The van der Waals surface area contributed by atoms with Crippen molar-refractivity contribution < 1.29 is 0 Å². The molecule has 2 heterocycles. The van der Waals surface area contributed by atoms with Gasteiger partial charge in [-0.2, -0.15) is 10.5 Å². The molecule has 0 saturated carbocycles. The highest BCUT2D eigenvalue weighted by Gasteiger charge is 2.20. The monoisotopic (exact) mass is 272 g/mol. The van der Waals surface area contributed by atoms with Crippen LogP contribution in [0, 0.1) is 22.7 Å². The normalized spacial score (nSPS) is 10.2. The number of hydrogen-bond acceptors (Lipinski definition) is 2. The maximum atomic E-state index is 9.00. The van der Waals surface area contributed by atoms with E-state index in [1.54, 1.807) is 12.4 Å². The first-order valence-corrected chi connectivity index (χ1v) is 6.53. The summed E-state index contributed by atoms with van der Waals surface area (Å²) in [5.41, 5.74) is 4.12. The van der Waals surface area contributed by atoms with Gasteiger partial charge >= 0.3 is 0 Å². The smallest absolute Gasteiger partial charge is 0.101 e. The van der Waals surface area contributed by atoms with E-state index in [1.807, 2.05) is 42.5 Å². The zero-order chi connectivity index (χ0) is 14.7. The third-order valence-electron chi connectivity index (χ3n) is 3.42. The van der Waals surface area contributed by atoms with Crippen LogP contribution in [0.2, 0.25) is 0 Å². The summed E-state index contributed by atoms with van der Waals surface area (Å²) in [5, 5.41) is 18.0. The molecule has 1 aromatic carbocycles. The molecule has 4 heteroatoms. The molecule has 3 rings (SSSR count). The van der Waals surface area contributed by atoms with Crippen molar-refractivity contribution in [2.24, 2.45) is 0 Å². The highest BCUT2D eigenvalue weighted by Crippen LogP contribution is 2.30. The summed E-state index contributed by atoms with van der Waals surface area (Å²) in [6.07, 6.45) is 3.39. The summed E-state index contributed by atoms with van der Waals surface area (Å²) in [6.45, 7) is 0. The van der Waals surface area contributed by atoms with Crippen LogP contribution in [-0.4, -0.2) is 9.97 Å². The average molecular weight is 272 g/mol. The average Bonchev–Trinajstić information content (AvgIpc) is 3.18. The van der Waals surface area contributed by atoms with Gasteiger partial charge in [-0.3, -0.25) is 0 Å². The first-order valence-electron chi connectivity index (χ1n) is 6.53. The van der Waals surface area contributed by atoms with Gasteiger partial charge in [0.2, 0.25) is 0 Å². The van der Waals surface area contributed by atoms with Gasteiger partial charge in [-0.05, 0) is 17.7 Å². The molecule has 0 atom stereocenters. The van der Waals surface area contributed by atoms with E-state index in [4.69, 9.17) is 10.5 Å². The fourth-order valence-corrected chi connectivity index (χ4v) is 2.46. The van der Waals surface area contributed by atoms with E-state index in [-0.39, 0.29) is 5.92 Å². The molecule has 0 saturated heterocycles. The van der Waals surface area contributed by atoms with Crippen LogP contribution in [0.15, 0.2) is 54.9 Å². The second kappa shape index (κ2) is 5.40. The lowest BCUT2D eigenvalue weighted by Gasteiger charge is -2.15. The van der Waals surface area contributed by atoms with Crippen molar-refractivity contribution in [1.29, 1.82) is 10.5 Å². The lowest BCUT2D eigenvalue weighted by Crippen LogP contribution is -2.03. The predicted molar refractivity (Wildman–Crippen MR) is 78.4 cm³/mol. The number of nitrogens with one attached hydrogen (secondary N) is 2. The van der Waals surface area contributed by atoms with Gasteiger partial charge in [-0.15, -0.1) is 0 Å². The molecule has 3 aromatic rings. The largest absolute Gasteiger partial charge is 0.363 e. The third-order valence-corrected chi connectivity index (χ3v) is 3.42. The topological polar surface area (TPSA) is 79.2 Å². The number of H-pyrrole nitrogens is 2. The fourth-order valence-electron chi connectivity index (χ4n) is 2.46. The van der Waals surface area contributed by atoms with E-state index in [0.29, 0.717) is 11.1 Å². The molecule has 2 aromatic heterocycles. The van der Waals surface area contributed by atoms with Crippen LogP contribution in [0.5, 0.6) is 0 Å². The van der Waals surface area contributed by atoms with E-state index in [9.17, 15) is 0 Å². The standard InChI is InChI=1S/C17H12N4/c18-8-12-6-15(20-10-12)17(14-4-2-1-3-5-14)16-7-13(9-19)11-21-16/h1-7,10-11,17,20-21H. The van der Waals surface area contributed by atoms with Gasteiger partial charge in [0.25, 0.3) is 0 Å². The molecule has 0 radical (unpaired) electrons. The minimum absolute atomic E-state index is 0.0598. The number of aromatic nitrogens is 2. The second-order valence-electron chi connectivity index (χ2n) is 4.75. The van der Waals surface area contributed by atoms with E-state index >= 15 is 0 Å². The van der Waals surface area contributed by atoms with Gasteiger partial charge in [0, 0.05) is 23.8 Å². The van der Waals surface area contributed by atoms with Gasteiger partial charge in [0.05, 0.1) is 17.0 Å². The Bertz CT molecular complexity index is 775. The number of rotatable bonds is 3. The van der Waals surface area contributed by atoms with E-state index in [1.165, 1.54) is 0 Å². The van der Waals surface area contributed by atoms with Crippen molar-refractivity contribution in [3.8, 4) is 12.1 Å². The van der Waals surface area contributed by atoms with Crippen LogP contribution >= 0.6 is 0 Å². The van der Waals surface area contributed by atoms with Crippen molar-refractivity contribution in [2.75, 3.05) is 0 Å². The number of nitrogens with zero attached hydrogens (tertiary/aromatic N) is 2. The Balaban J connectivity index is 2.11. The summed E-state index contributed by atoms with van der Waals surface area (Å²) in [6, 6.07) is 17.9. The molecule has 0 aliphatic rings. The Hall–Kier alpha value is -3.24. The Kier molecular flexibility index (Phi) is 3.29. The van der Waals surface area contributed by atoms with Crippen molar-refractivity contribution in [3.05, 3.63) is 82.9 Å². The molecule has 0 spiro atoms. The van der Waals surface area contributed by atoms with Crippen LogP contribution in [0.3, 0.4) is 0 Å². The molecular weight excluding hydrogens is 260 g/mol. The molecule has 0 fully saturated rings. The fraction of sp³-hybridized carbons (Fsp3) is 0.0588. The van der Waals surface area contributed by atoms with Gasteiger partial charge in [0.1, 0.15) is 12.1 Å². The van der Waals surface area contributed by atoms with Crippen LogP contribution in [0.25, 0.3) is 0 Å². The molecule has 100 valence electrons. The van der Waals surface area contributed by atoms with E-state index in [0.717, 1.165) is 17.0 Å². The van der Waals surface area contributed by atoms with Crippen molar-refractivity contribution >= 4 is 0 Å². The first-order chi connectivity index (χ1) is 10.3. The lowest BCUT2D eigenvalue weighted by atomic mass is 9.92. The second-order valence-corrected chi connectivity index (χ2v) is 4.75. The van der Waals surface area contributed by atoms with Gasteiger partial charge < -0.3 is 9.97 Å². The Morgan fingerprint density at radius 3 is 1.76 bits per heavy atom. The Morgan fingerprint density at radius 1 is 0.810 bits per heavy atom. The maximum absolute atomic E-state index is 9.00. The number of benzene rings is 1. The summed E-state index contributed by atoms with van der Waals surface area (Å²) in [4.78, 5) is 6.31. The summed E-state index contributed by atoms with van der Waals surface area (Å²) in [7, 11) is 0. The van der Waals surface area contributed by atoms with Crippen molar-refractivity contribution in [1.82, 2.24) is 9.97 Å². The van der Waals surface area contributed by atoms with Gasteiger partial charge in [-0.1, -0.05) is 30.3 Å². The highest BCUT2D eigenvalue weighted by molar-refractivity contribution is 5.43. The minimum atomic E-state index is -0.0598. The molecule has 0 unspecified atom stereocenters. The van der Waals surface area contributed by atoms with Crippen LogP contribution in [0.1, 0.15) is 34.0 Å². The summed E-state index contributed by atoms with van der Waals surface area (Å²) < 4.78 is 0. The summed E-state index contributed by atoms with van der Waals surface area (Å²) in [5.74, 6) is -0.0598. The van der Waals surface area contributed by atoms with E-state index in [2.05, 4.69) is 22.1 Å². The Morgan fingerprint density at radius 2 is 1.33 bits per heavy atom. The molecule has 0 aliphatic heterocycles. The maximum Gasteiger partial charge on any atom is 0.101 e. The predicted octanol–water partition coefficient (Wildman–Crippen LogP) is 3.27. The number of hydrogen-bond donors (Lipinski definition) is 2. The molecule has 21 heavy (non-hydrogen) atoms. The van der Waals surface area contributed by atoms with Gasteiger partial charge in [0.15, 0.2) is 0 Å². The lowest BCUT2D eigenvalue weighted by molar-refractivity contribution is 0.898. The zero-order valence-corrected chi connectivity index (χ0v) is 11.2. The number of nitriles is 2. The summed E-state index contributed by atoms with van der Waals surface area (Å²) >= 11 is 0. The molecule has 0 amide bonds. The van der Waals surface area contributed by atoms with E-state index < -0.39 is 0 Å². The van der Waals surface area contributed by atoms with Crippen LogP contribution in [-0.2, 0) is 0 Å². The first kappa shape index (κ1) is 12.8. The SMILES string of the molecule is N#Cc1c[nH]c(C(c2ccccc2)c2cc(C#N)c[nH]2)c1.